The number of hydrogen-bond donors (Lipinski definition) is 0. The number of hydrogen-bond acceptors (Lipinski definition) is 4. The van der Waals surface area contributed by atoms with E-state index in [2.05, 4.69) is 9.88 Å². The number of piperidine rings is 3. The lowest BCUT2D eigenvalue weighted by molar-refractivity contribution is -0.144. The Bertz CT molecular complexity index is 1120. The summed E-state index contributed by atoms with van der Waals surface area (Å²) in [5.74, 6) is 0.993. The lowest BCUT2D eigenvalue weighted by atomic mass is 9.76. The highest BCUT2D eigenvalue weighted by Crippen LogP contribution is 2.38. The number of likely N-dealkylation sites (tertiary alicyclic amines) is 1. The maximum Gasteiger partial charge on any atom is 0.320 e. The van der Waals surface area contributed by atoms with Gasteiger partial charge >= 0.3 is 6.03 Å². The van der Waals surface area contributed by atoms with Gasteiger partial charge in [0.25, 0.3) is 5.91 Å². The van der Waals surface area contributed by atoms with Crippen LogP contribution in [0.3, 0.4) is 0 Å². The number of piperazine rings is 1. The Hall–Kier alpha value is -3.16. The molecular formula is C26H31N5O3. The predicted octanol–water partition coefficient (Wildman–Crippen LogP) is 2.45. The van der Waals surface area contributed by atoms with Crippen molar-refractivity contribution in [1.29, 1.82) is 0 Å². The van der Waals surface area contributed by atoms with E-state index in [0.717, 1.165) is 49.7 Å². The second kappa shape index (κ2) is 8.56. The molecule has 0 saturated carbocycles. The third-order valence-electron chi connectivity index (χ3n) is 8.16. The molecule has 0 N–H and O–H groups in total. The molecule has 4 aliphatic rings. The molecule has 1 aromatic heterocycles. The smallest absolute Gasteiger partial charge is 0.320 e. The number of urea groups is 1. The summed E-state index contributed by atoms with van der Waals surface area (Å²) in [6.07, 6.45) is 5.52. The molecule has 2 bridgehead atoms. The van der Waals surface area contributed by atoms with Gasteiger partial charge < -0.3 is 19.6 Å². The number of amides is 4. The van der Waals surface area contributed by atoms with Crippen molar-refractivity contribution in [3.05, 3.63) is 42.2 Å². The Morgan fingerprint density at radius 1 is 0.912 bits per heavy atom. The van der Waals surface area contributed by atoms with Gasteiger partial charge in [0, 0.05) is 69.9 Å². The molecule has 0 radical (unpaired) electrons. The molecular weight excluding hydrogens is 430 g/mol. The van der Waals surface area contributed by atoms with Crippen LogP contribution in [0.5, 0.6) is 0 Å². The van der Waals surface area contributed by atoms with E-state index in [1.807, 2.05) is 45.0 Å². The first-order valence-electron chi connectivity index (χ1n) is 12.5. The van der Waals surface area contributed by atoms with Gasteiger partial charge in [-0.1, -0.05) is 24.3 Å². The zero-order valence-corrected chi connectivity index (χ0v) is 19.4. The monoisotopic (exact) mass is 461 g/mol. The number of carbonyl (C=O) groups excluding carboxylic acids is 3. The Labute approximate surface area is 199 Å². The lowest BCUT2D eigenvalue weighted by Gasteiger charge is -2.53. The number of rotatable bonds is 1. The Morgan fingerprint density at radius 2 is 1.71 bits per heavy atom. The largest absolute Gasteiger partial charge is 0.339 e. The van der Waals surface area contributed by atoms with Crippen molar-refractivity contribution >= 4 is 28.6 Å². The average molecular weight is 462 g/mol. The summed E-state index contributed by atoms with van der Waals surface area (Å²) in [5, 5.41) is 1.87. The summed E-state index contributed by atoms with van der Waals surface area (Å²) in [7, 11) is 0. The van der Waals surface area contributed by atoms with Gasteiger partial charge in [-0.2, -0.15) is 0 Å². The van der Waals surface area contributed by atoms with Gasteiger partial charge in [0.05, 0.1) is 0 Å². The van der Waals surface area contributed by atoms with E-state index in [9.17, 15) is 14.4 Å². The SMILES string of the molecule is O=C(c1nccc2ccccc12)N1CCN(C(=O)N2CC3CC(C2)[C@H]2CCCC(=O)N2C3)CC1. The summed E-state index contributed by atoms with van der Waals surface area (Å²) in [6, 6.07) is 10.1. The normalized spacial score (nSPS) is 27.1. The van der Waals surface area contributed by atoms with Gasteiger partial charge in [-0.25, -0.2) is 4.79 Å². The van der Waals surface area contributed by atoms with Gasteiger partial charge in [0.2, 0.25) is 5.91 Å². The molecule has 4 fully saturated rings. The zero-order chi connectivity index (χ0) is 23.2. The van der Waals surface area contributed by atoms with Crippen molar-refractivity contribution in [2.24, 2.45) is 11.8 Å². The van der Waals surface area contributed by atoms with Gasteiger partial charge in [-0.05, 0) is 42.6 Å². The van der Waals surface area contributed by atoms with Crippen molar-refractivity contribution in [2.75, 3.05) is 45.8 Å². The van der Waals surface area contributed by atoms with Gasteiger partial charge in [0.15, 0.2) is 0 Å². The fraction of sp³-hybridized carbons (Fsp3) is 0.538. The third-order valence-corrected chi connectivity index (χ3v) is 8.16. The predicted molar refractivity (Wildman–Crippen MR) is 127 cm³/mol. The first-order chi connectivity index (χ1) is 16.6. The van der Waals surface area contributed by atoms with Crippen LogP contribution >= 0.6 is 0 Å². The fourth-order valence-electron chi connectivity index (χ4n) is 6.51. The van der Waals surface area contributed by atoms with E-state index in [-0.39, 0.29) is 11.9 Å². The summed E-state index contributed by atoms with van der Waals surface area (Å²) in [4.78, 5) is 51.2. The number of aromatic nitrogens is 1. The van der Waals surface area contributed by atoms with Crippen LogP contribution in [0.15, 0.2) is 36.5 Å². The topological polar surface area (TPSA) is 77.1 Å². The van der Waals surface area contributed by atoms with Crippen molar-refractivity contribution < 1.29 is 14.4 Å². The summed E-state index contributed by atoms with van der Waals surface area (Å²) in [5.41, 5.74) is 0.480. The second-order valence-electron chi connectivity index (χ2n) is 10.2. The van der Waals surface area contributed by atoms with E-state index in [0.29, 0.717) is 62.1 Å². The summed E-state index contributed by atoms with van der Waals surface area (Å²) >= 11 is 0. The number of nitrogens with zero attached hydrogens (tertiary/aromatic N) is 5. The molecule has 8 nitrogen and oxygen atoms in total. The number of carbonyl (C=O) groups is 3. The summed E-state index contributed by atoms with van der Waals surface area (Å²) < 4.78 is 0. The van der Waals surface area contributed by atoms with Crippen LogP contribution in [0.2, 0.25) is 0 Å². The molecule has 4 amide bonds. The molecule has 1 aromatic carbocycles. The van der Waals surface area contributed by atoms with Crippen LogP contribution < -0.4 is 0 Å². The van der Waals surface area contributed by atoms with Crippen molar-refractivity contribution in [2.45, 2.75) is 31.7 Å². The molecule has 0 spiro atoms. The molecule has 2 aromatic rings. The standard InChI is InChI=1S/C26H31N5O3/c32-23-7-3-6-22-20-14-18(16-31(22)23)15-30(17-20)26(34)29-12-10-28(11-13-29)25(33)24-21-5-2-1-4-19(21)8-9-27-24/h1-2,4-5,8-9,18,20,22H,3,6-7,10-17H2/t18?,20?,22-/m1/s1. The van der Waals surface area contributed by atoms with Crippen molar-refractivity contribution in [3.63, 3.8) is 0 Å². The first-order valence-corrected chi connectivity index (χ1v) is 12.5. The molecule has 8 heteroatoms. The average Bonchev–Trinajstić information content (AvgIpc) is 2.88. The molecule has 6 rings (SSSR count). The van der Waals surface area contributed by atoms with Crippen LogP contribution in [0, 0.1) is 11.8 Å². The fourth-order valence-corrected chi connectivity index (χ4v) is 6.51. The molecule has 2 unspecified atom stereocenters. The van der Waals surface area contributed by atoms with Crippen LogP contribution in [0.25, 0.3) is 10.8 Å². The van der Waals surface area contributed by atoms with Gasteiger partial charge in [0.1, 0.15) is 5.69 Å². The lowest BCUT2D eigenvalue weighted by Crippen LogP contribution is -2.63. The molecule has 178 valence electrons. The molecule has 5 heterocycles. The highest BCUT2D eigenvalue weighted by molar-refractivity contribution is 6.05. The first kappa shape index (κ1) is 21.4. The van der Waals surface area contributed by atoms with Crippen LogP contribution in [0.1, 0.15) is 36.2 Å². The highest BCUT2D eigenvalue weighted by atomic mass is 16.2. The van der Waals surface area contributed by atoms with Gasteiger partial charge in [-0.15, -0.1) is 0 Å². The molecule has 4 aliphatic heterocycles. The van der Waals surface area contributed by atoms with E-state index < -0.39 is 0 Å². The molecule has 4 saturated heterocycles. The minimum Gasteiger partial charge on any atom is -0.339 e. The van der Waals surface area contributed by atoms with Crippen LogP contribution in [-0.2, 0) is 4.79 Å². The Morgan fingerprint density at radius 3 is 2.56 bits per heavy atom. The molecule has 3 atom stereocenters. The Balaban J connectivity index is 1.09. The second-order valence-corrected chi connectivity index (χ2v) is 10.2. The minimum atomic E-state index is -0.0709. The van der Waals surface area contributed by atoms with Crippen molar-refractivity contribution in [1.82, 2.24) is 24.6 Å². The zero-order valence-electron chi connectivity index (χ0n) is 19.4. The molecule has 0 aliphatic carbocycles. The van der Waals surface area contributed by atoms with E-state index in [1.165, 1.54) is 0 Å². The quantitative estimate of drug-likeness (QED) is 0.654. The van der Waals surface area contributed by atoms with Gasteiger partial charge in [-0.3, -0.25) is 14.6 Å². The maximum absolute atomic E-state index is 13.4. The molecule has 34 heavy (non-hydrogen) atoms. The number of pyridine rings is 1. The number of benzene rings is 1. The Kier molecular flexibility index (Phi) is 5.38. The number of fused-ring (bicyclic) bond motifs is 5. The maximum atomic E-state index is 13.4. The van der Waals surface area contributed by atoms with Crippen LogP contribution in [-0.4, -0.2) is 94.3 Å². The van der Waals surface area contributed by atoms with Crippen molar-refractivity contribution in [3.8, 4) is 0 Å². The van der Waals surface area contributed by atoms with E-state index in [1.54, 1.807) is 6.20 Å². The van der Waals surface area contributed by atoms with E-state index >= 15 is 0 Å². The minimum absolute atomic E-state index is 0.0709. The van der Waals surface area contributed by atoms with E-state index in [4.69, 9.17) is 0 Å². The third kappa shape index (κ3) is 3.69. The van der Waals surface area contributed by atoms with Crippen LogP contribution in [0.4, 0.5) is 4.79 Å². The summed E-state index contributed by atoms with van der Waals surface area (Å²) in [6.45, 7) is 4.37. The highest BCUT2D eigenvalue weighted by Gasteiger charge is 2.45.